The number of hydrogen-bond acceptors (Lipinski definition) is 25. The molecular weight excluding hydrogens is 1510 g/mol. The van der Waals surface area contributed by atoms with Crippen LogP contribution in [-0.4, -0.2) is 243 Å². The zero-order valence-corrected chi connectivity index (χ0v) is 62.0. The number of carbonyl (C=O) groups is 13. The van der Waals surface area contributed by atoms with Crippen molar-refractivity contribution in [2.75, 3.05) is 76.2 Å². The quantitative estimate of drug-likeness (QED) is 0.0118. The molecule has 105 heavy (non-hydrogen) atoms. The number of fused-ring (bicyclic) bond motifs is 3. The molecule has 7 amide bonds. The smallest absolute Gasteiger partial charge is 0.362 e. The fourth-order valence-corrected chi connectivity index (χ4v) is 14.4. The Morgan fingerprint density at radius 2 is 0.790 bits per heavy atom. The summed E-state index contributed by atoms with van der Waals surface area (Å²) < 4.78 is 11.3. The van der Waals surface area contributed by atoms with Crippen LogP contribution >= 0.6 is 31.8 Å². The van der Waals surface area contributed by atoms with E-state index in [-0.39, 0.29) is 141 Å². The van der Waals surface area contributed by atoms with E-state index >= 15 is 0 Å². The van der Waals surface area contributed by atoms with Gasteiger partial charge in [-0.05, 0) is 60.8 Å². The molecule has 7 saturated heterocycles. The second-order valence-corrected chi connectivity index (χ2v) is 30.4. The first-order valence-corrected chi connectivity index (χ1v) is 35.9. The van der Waals surface area contributed by atoms with Crippen LogP contribution in [0.4, 0.5) is 11.4 Å². The Balaban J connectivity index is 0.000000204. The summed E-state index contributed by atoms with van der Waals surface area (Å²) in [6.45, 7) is 19.0. The topological polar surface area (TPSA) is 543 Å². The van der Waals surface area contributed by atoms with Crippen LogP contribution in [0, 0.1) is 85.3 Å². The first-order valence-electron chi connectivity index (χ1n) is 33.5. The number of nitrogens with one attached hydrogen (secondary N) is 1. The lowest BCUT2D eigenvalue weighted by Gasteiger charge is -2.47. The van der Waals surface area contributed by atoms with Crippen LogP contribution in [0.15, 0.2) is 82.3 Å². The highest BCUT2D eigenvalue weighted by molar-refractivity contribution is 14.1. The van der Waals surface area contributed by atoms with Crippen molar-refractivity contribution in [2.45, 2.75) is 85.7 Å². The Labute approximate surface area is 617 Å². The first kappa shape index (κ1) is 83.2. The van der Waals surface area contributed by atoms with Gasteiger partial charge in [-0.3, -0.25) is 73.3 Å². The molecule has 12 atom stereocenters. The van der Waals surface area contributed by atoms with Crippen molar-refractivity contribution in [2.24, 2.45) is 88.0 Å². The lowest BCUT2D eigenvalue weighted by molar-refractivity contribution is -0.385. The van der Waals surface area contributed by atoms with Crippen LogP contribution in [0.1, 0.15) is 76.1 Å². The minimum atomic E-state index is -1.13. The van der Waals surface area contributed by atoms with Gasteiger partial charge in [-0.2, -0.15) is 0 Å². The Hall–Kier alpha value is -9.11. The van der Waals surface area contributed by atoms with Crippen molar-refractivity contribution in [3.05, 3.63) is 114 Å². The maximum absolute atomic E-state index is 13.1. The fraction of sp³-hybridized carbons (Fsp3) is 0.537. The monoisotopic (exact) mass is 1600 g/mol. The van der Waals surface area contributed by atoms with Gasteiger partial charge in [0, 0.05) is 125 Å². The highest BCUT2D eigenvalue weighted by Crippen LogP contribution is 2.51. The van der Waals surface area contributed by atoms with Crippen molar-refractivity contribution in [1.82, 2.24) is 34.7 Å². The maximum Gasteiger partial charge on any atom is 0.362 e. The molecule has 12 rings (SSSR count). The van der Waals surface area contributed by atoms with Crippen LogP contribution < -0.4 is 28.3 Å². The summed E-state index contributed by atoms with van der Waals surface area (Å²) >= 11 is 2.25. The third-order valence-electron chi connectivity index (χ3n) is 20.2. The predicted octanol–water partition coefficient (Wildman–Crippen LogP) is -0.475. The molecule has 13 N–H and O–H groups in total. The molecule has 1 unspecified atom stereocenters. The number of ether oxygens (including phenoxy) is 2. The summed E-state index contributed by atoms with van der Waals surface area (Å²) in [4.78, 5) is 184. The number of aliphatic carboxylic acids is 2. The van der Waals surface area contributed by atoms with Crippen molar-refractivity contribution in [3.63, 3.8) is 0 Å². The molecule has 2 aromatic rings. The van der Waals surface area contributed by atoms with E-state index in [0.717, 1.165) is 48.4 Å². The number of non-ortho nitro benzene ring substituents is 2. The van der Waals surface area contributed by atoms with Gasteiger partial charge in [-0.1, -0.05) is 57.2 Å². The number of benzene rings is 2. The molecule has 0 aromatic heterocycles. The summed E-state index contributed by atoms with van der Waals surface area (Å²) in [6.07, 6.45) is -1.72. The SMILES string of the molecule is CC(=O)O.CC(C)[C@H]1C(=O)N2C(C(=O)OC(=O)c3ccc([N+](=O)[O-])cc3)=C(CN3CC(C(N)=O)C3)[C@H](C)[C@H]12.C[C@@H](O)[C@H]1C(=O)N2C(C(=O)O)=C(CN3CC(C(N)=O)C3)[C@H](C)[C@H]12.C[C@@H](O)[C@H]1C(=O)N2C(C(=O)OC(=O)c3ccc([N+](=O)[O-])cc3)=C(CN3CC(C(N)=O)C3)[C@H](C)[C@H]12.NC(=O)C1CNC1.PCI. The average molecular weight is 1600 g/mol. The highest BCUT2D eigenvalue weighted by atomic mass is 127. The van der Waals surface area contributed by atoms with Gasteiger partial charge < -0.3 is 72.9 Å². The number of nitro groups is 2. The molecule has 38 heteroatoms. The van der Waals surface area contributed by atoms with Crippen LogP contribution in [0.5, 0.6) is 0 Å². The summed E-state index contributed by atoms with van der Waals surface area (Å²) in [5.41, 5.74) is 22.3. The van der Waals surface area contributed by atoms with Crippen molar-refractivity contribution >= 4 is 120 Å². The number of β-lactam (4-membered cyclic amide) rings is 3. The number of aliphatic hydroxyl groups excluding tert-OH is 2. The van der Waals surface area contributed by atoms with Gasteiger partial charge in [0.2, 0.25) is 41.4 Å². The number of nitro benzene ring substituents is 2. The summed E-state index contributed by atoms with van der Waals surface area (Å²) in [6, 6.07) is 8.33. The molecule has 10 heterocycles. The zero-order valence-electron chi connectivity index (χ0n) is 58.7. The van der Waals surface area contributed by atoms with E-state index in [1.54, 1.807) is 6.92 Å². The molecule has 7 fully saturated rings. The van der Waals surface area contributed by atoms with Crippen LogP contribution in [-0.2, 0) is 62.2 Å². The Bertz CT molecular complexity index is 3720. The number of halogens is 1. The van der Waals surface area contributed by atoms with E-state index in [2.05, 4.69) is 37.1 Å². The molecule has 0 saturated carbocycles. The summed E-state index contributed by atoms with van der Waals surface area (Å²) in [7, 11) is 2.57. The number of alkyl halides is 1. The molecule has 0 radical (unpaired) electrons. The molecule has 10 aliphatic rings. The minimum Gasteiger partial charge on any atom is -0.481 e. The number of nitrogens with zero attached hydrogens (tertiary/aromatic N) is 8. The number of hydrogen-bond donors (Lipinski definition) is 9. The zero-order chi connectivity index (χ0) is 78.4. The number of primary amides is 4. The van der Waals surface area contributed by atoms with Gasteiger partial charge in [-0.25, -0.2) is 24.0 Å². The van der Waals surface area contributed by atoms with Gasteiger partial charge in [0.25, 0.3) is 17.3 Å². The highest BCUT2D eigenvalue weighted by Gasteiger charge is 2.63. The number of aliphatic hydroxyl groups is 2. The van der Waals surface area contributed by atoms with Gasteiger partial charge in [0.15, 0.2) is 0 Å². The number of esters is 4. The third kappa shape index (κ3) is 18.1. The van der Waals surface area contributed by atoms with Gasteiger partial charge >= 0.3 is 29.8 Å². The molecule has 570 valence electrons. The maximum atomic E-state index is 13.1. The number of likely N-dealkylation sites (tertiary alicyclic amines) is 3. The van der Waals surface area contributed by atoms with E-state index in [1.165, 1.54) is 45.9 Å². The van der Waals surface area contributed by atoms with E-state index in [9.17, 15) is 93.1 Å². The van der Waals surface area contributed by atoms with Crippen molar-refractivity contribution < 1.29 is 102 Å². The number of carboxylic acids is 2. The summed E-state index contributed by atoms with van der Waals surface area (Å²) in [5, 5.41) is 61.3. The van der Waals surface area contributed by atoms with Crippen molar-refractivity contribution in [3.8, 4) is 0 Å². The number of rotatable bonds is 20. The Kier molecular flexibility index (Phi) is 27.6. The first-order chi connectivity index (χ1) is 49.2. The Morgan fingerprint density at radius 3 is 1.02 bits per heavy atom. The molecule has 10 aliphatic heterocycles. The normalized spacial score (nSPS) is 25.1. The number of amides is 7. The molecular formula is C67H87IN13O23P. The second-order valence-electron chi connectivity index (χ2n) is 27.5. The van der Waals surface area contributed by atoms with Crippen molar-refractivity contribution in [1.29, 1.82) is 0 Å². The number of carbonyl (C=O) groups excluding carboxylic acids is 11. The Morgan fingerprint density at radius 1 is 0.524 bits per heavy atom. The standard InChI is InChI=1S/C23H26N4O7.C22H24N4O8.C15H21N3O5.C4H8N2O.C2H4O2.CH4IP/c1-11(2)17-18-12(3)16(10-25-8-14(9-25)20(24)28)19(26(18)21(17)29)23(31)34-22(30)13-4-6-15(7-5-13)27(32)33;1-10-15(9-24-7-13(8-24)19(23)28)18(25-17(10)16(11(2)27)20(25)29)22(31)34-21(30)12-3-5-14(6-4-12)26(32)33;1-6-9(5-17-3-8(4-17)13(16)20)12(15(22)23)18-11(6)10(7(2)19)14(18)21;5-4(7)3-1-6-2-3;1-2(3)4;2-1-3/h4-7,11-12,14,17-18H,8-10H2,1-3H3,(H2,24,28);3-6,10-11,13,16-17,27H,7-9H2,1-2H3,(H2,23,28);6-8,10-11,19H,3-5H2,1-2H3,(H2,16,20)(H,22,23);3,6H,1-2H2,(H2,5,7);1H3,(H,3,4);1,3H2/t12-,17+,18+;10-,11+,16+,17+;6-,7+,10+,11+;;;/m000.../s1. The van der Waals surface area contributed by atoms with E-state index < -0.39 is 87.6 Å². The van der Waals surface area contributed by atoms with Gasteiger partial charge in [-0.15, -0.1) is 9.24 Å². The molecule has 36 nitrogen and oxygen atoms in total. The molecule has 2 aromatic carbocycles. The van der Waals surface area contributed by atoms with Crippen LogP contribution in [0.25, 0.3) is 0 Å². The molecule has 0 spiro atoms. The predicted molar refractivity (Wildman–Crippen MR) is 379 cm³/mol. The van der Waals surface area contributed by atoms with Gasteiger partial charge in [0.1, 0.15) is 17.1 Å². The largest absolute Gasteiger partial charge is 0.481 e. The lowest BCUT2D eigenvalue weighted by Crippen LogP contribution is -2.63. The van der Waals surface area contributed by atoms with Crippen LogP contribution in [0.3, 0.4) is 0 Å². The summed E-state index contributed by atoms with van der Waals surface area (Å²) in [5.74, 6) is -10.7. The molecule has 0 bridgehead atoms. The third-order valence-corrected chi connectivity index (χ3v) is 20.2. The van der Waals surface area contributed by atoms with E-state index in [1.807, 2.05) is 49.3 Å². The minimum absolute atomic E-state index is 0.0225. The number of nitrogens with two attached hydrogens (primary N) is 4. The van der Waals surface area contributed by atoms with E-state index in [0.29, 0.717) is 69.1 Å². The number of carboxylic acid groups (broad SMARTS) is 2. The molecule has 0 aliphatic carbocycles. The fourth-order valence-electron chi connectivity index (χ4n) is 14.4. The average Bonchev–Trinajstić information content (AvgIpc) is 1.57. The van der Waals surface area contributed by atoms with Gasteiger partial charge in [0.05, 0.1) is 92.7 Å². The lowest BCUT2D eigenvalue weighted by atomic mass is 9.74. The van der Waals surface area contributed by atoms with E-state index in [4.69, 9.17) is 42.3 Å². The second kappa shape index (κ2) is 34.9. The van der Waals surface area contributed by atoms with Crippen LogP contribution in [0.2, 0.25) is 0 Å².